The summed E-state index contributed by atoms with van der Waals surface area (Å²) in [5, 5.41) is 21.8. The largest absolute Gasteiger partial charge is 0.481 e. The molecule has 1 aliphatic heterocycles. The highest BCUT2D eigenvalue weighted by Gasteiger charge is 2.25. The third-order valence-electron chi connectivity index (χ3n) is 7.80. The van der Waals surface area contributed by atoms with Crippen molar-refractivity contribution < 1.29 is 43.2 Å². The van der Waals surface area contributed by atoms with Gasteiger partial charge in [0.1, 0.15) is 13.2 Å². The zero-order chi connectivity index (χ0) is 35.8. The van der Waals surface area contributed by atoms with E-state index in [9.17, 15) is 24.3 Å². The van der Waals surface area contributed by atoms with Crippen molar-refractivity contribution in [3.05, 3.63) is 104 Å². The van der Waals surface area contributed by atoms with Crippen LogP contribution in [0, 0.1) is 0 Å². The lowest BCUT2D eigenvalue weighted by molar-refractivity contribution is -0.137. The third-order valence-corrected chi connectivity index (χ3v) is 9.52. The van der Waals surface area contributed by atoms with Gasteiger partial charge in [0, 0.05) is 16.3 Å². The molecular formula is C36H40N4O9S2. The quantitative estimate of drug-likeness (QED) is 0.0818. The lowest BCUT2D eigenvalue weighted by Gasteiger charge is -2.25. The average molecular weight is 737 g/mol. The normalized spacial score (nSPS) is 12.7. The summed E-state index contributed by atoms with van der Waals surface area (Å²) in [7, 11) is 0. The number of aliphatic carboxylic acids is 1. The molecular weight excluding hydrogens is 697 g/mol. The van der Waals surface area contributed by atoms with Gasteiger partial charge in [0.15, 0.2) is 11.5 Å². The molecule has 0 spiro atoms. The van der Waals surface area contributed by atoms with Crippen LogP contribution in [0.25, 0.3) is 0 Å². The highest BCUT2D eigenvalue weighted by Crippen LogP contribution is 2.35. The molecule has 1 aliphatic rings. The molecule has 0 saturated carbocycles. The van der Waals surface area contributed by atoms with Crippen molar-refractivity contribution >= 4 is 46.9 Å². The molecule has 270 valence electrons. The number of nitrogens with one attached hydrogen (secondary N) is 3. The Morgan fingerprint density at radius 2 is 1.57 bits per heavy atom. The molecule has 4 N–H and O–H groups in total. The third kappa shape index (κ3) is 12.2. The second-order valence-corrected chi connectivity index (χ2v) is 13.7. The molecule has 0 fully saturated rings. The van der Waals surface area contributed by atoms with E-state index in [0.29, 0.717) is 56.0 Å². The molecule has 3 heterocycles. The summed E-state index contributed by atoms with van der Waals surface area (Å²) in [6.45, 7) is 1.16. The lowest BCUT2D eigenvalue weighted by atomic mass is 10.0. The Balaban J connectivity index is 1.18. The molecule has 0 radical (unpaired) electrons. The number of carbonyl (C=O) groups is 4. The highest BCUT2D eigenvalue weighted by atomic mass is 32.1. The van der Waals surface area contributed by atoms with Crippen LogP contribution >= 0.6 is 22.7 Å². The van der Waals surface area contributed by atoms with Crippen molar-refractivity contribution in [2.75, 3.05) is 19.9 Å². The predicted molar refractivity (Wildman–Crippen MR) is 191 cm³/mol. The minimum atomic E-state index is -1.10. The van der Waals surface area contributed by atoms with Crippen molar-refractivity contribution in [1.29, 1.82) is 0 Å². The molecule has 5 rings (SSSR count). The van der Waals surface area contributed by atoms with Crippen LogP contribution in [0.3, 0.4) is 0 Å². The van der Waals surface area contributed by atoms with E-state index >= 15 is 0 Å². The van der Waals surface area contributed by atoms with Crippen LogP contribution in [-0.2, 0) is 34.0 Å². The van der Waals surface area contributed by atoms with Crippen molar-refractivity contribution in [1.82, 2.24) is 20.9 Å². The number of carbonyl (C=O) groups excluding carboxylic acids is 3. The fourth-order valence-corrected chi connectivity index (χ4v) is 6.69. The van der Waals surface area contributed by atoms with E-state index in [2.05, 4.69) is 16.0 Å². The molecule has 15 heteroatoms. The number of thiophene rings is 2. The van der Waals surface area contributed by atoms with Crippen LogP contribution in [0.5, 0.6) is 11.5 Å². The molecule has 0 aliphatic carbocycles. The van der Waals surface area contributed by atoms with Gasteiger partial charge in [0.25, 0.3) is 0 Å². The first kappa shape index (κ1) is 37.0. The van der Waals surface area contributed by atoms with Gasteiger partial charge in [-0.3, -0.25) is 9.69 Å². The number of hydrogen-bond donors (Lipinski definition) is 4. The van der Waals surface area contributed by atoms with Crippen molar-refractivity contribution in [3.8, 4) is 11.5 Å². The Morgan fingerprint density at radius 3 is 2.25 bits per heavy atom. The van der Waals surface area contributed by atoms with Crippen LogP contribution < -0.4 is 25.4 Å². The number of rotatable bonds is 18. The zero-order valence-corrected chi connectivity index (χ0v) is 29.4. The van der Waals surface area contributed by atoms with Crippen LogP contribution in [0.4, 0.5) is 14.4 Å². The number of hydrogen-bond acceptors (Lipinski definition) is 10. The Hall–Kier alpha value is -5.28. The molecule has 13 nitrogen and oxygen atoms in total. The molecule has 0 saturated heterocycles. The number of ether oxygens (including phenoxy) is 4. The van der Waals surface area contributed by atoms with Gasteiger partial charge in [-0.1, -0.05) is 48.5 Å². The molecule has 0 unspecified atom stereocenters. The maximum absolute atomic E-state index is 13.4. The number of nitrogens with zero attached hydrogens (tertiary/aromatic N) is 1. The molecule has 2 aromatic heterocycles. The van der Waals surface area contributed by atoms with E-state index in [4.69, 9.17) is 18.9 Å². The van der Waals surface area contributed by atoms with Gasteiger partial charge < -0.3 is 40.0 Å². The number of benzene rings is 2. The minimum absolute atomic E-state index is 0.0547. The smallest absolute Gasteiger partial charge is 0.410 e. The summed E-state index contributed by atoms with van der Waals surface area (Å²) in [5.74, 6) is -0.109. The topological polar surface area (TPSA) is 165 Å². The number of alkyl carbamates (subject to hydrolysis) is 1. The molecule has 4 amide bonds. The van der Waals surface area contributed by atoms with E-state index in [1.807, 2.05) is 65.4 Å². The summed E-state index contributed by atoms with van der Waals surface area (Å²) < 4.78 is 21.8. The number of unbranched alkanes of at least 4 members (excludes halogenated alkanes) is 1. The second kappa shape index (κ2) is 19.2. The van der Waals surface area contributed by atoms with Gasteiger partial charge in [-0.2, -0.15) is 0 Å². The fourth-order valence-electron chi connectivity index (χ4n) is 5.25. The molecule has 2 atom stereocenters. The van der Waals surface area contributed by atoms with Gasteiger partial charge in [0.2, 0.25) is 6.79 Å². The Morgan fingerprint density at radius 1 is 0.843 bits per heavy atom. The second-order valence-electron chi connectivity index (χ2n) is 11.7. The Kier molecular flexibility index (Phi) is 13.9. The molecule has 51 heavy (non-hydrogen) atoms. The van der Waals surface area contributed by atoms with E-state index in [1.54, 1.807) is 45.8 Å². The van der Waals surface area contributed by atoms with Crippen LogP contribution in [-0.4, -0.2) is 60.2 Å². The maximum Gasteiger partial charge on any atom is 0.410 e. The van der Waals surface area contributed by atoms with Crippen LogP contribution in [0.15, 0.2) is 83.6 Å². The van der Waals surface area contributed by atoms with Crippen LogP contribution in [0.1, 0.15) is 52.6 Å². The predicted octanol–water partition coefficient (Wildman–Crippen LogP) is 6.66. The number of urea groups is 1. The maximum atomic E-state index is 13.4. The SMILES string of the molecule is O=C(O)C[C@H](NC(=O)N[C@@H](CCCCNC(=O)OCc1ccccc1)COC(=O)N(Cc1cccs1)Cc1cccs1)c1ccc2c(c1)OCO2. The summed E-state index contributed by atoms with van der Waals surface area (Å²) in [4.78, 5) is 54.3. The minimum Gasteiger partial charge on any atom is -0.481 e. The Bertz CT molecular complexity index is 1670. The van der Waals surface area contributed by atoms with E-state index in [0.717, 1.165) is 15.3 Å². The lowest BCUT2D eigenvalue weighted by Crippen LogP contribution is -2.46. The number of carboxylic acid groups (broad SMARTS) is 1. The van der Waals surface area contributed by atoms with E-state index in [-0.39, 0.29) is 26.4 Å². The molecule has 2 aromatic carbocycles. The van der Waals surface area contributed by atoms with Gasteiger partial charge >= 0.3 is 24.2 Å². The van der Waals surface area contributed by atoms with E-state index < -0.39 is 36.3 Å². The van der Waals surface area contributed by atoms with Crippen molar-refractivity contribution in [2.24, 2.45) is 0 Å². The standard InChI is InChI=1S/C36H40N4O9S2/c41-33(42)19-30(26-13-14-31-32(18-26)49-24-48-31)39-34(43)38-27(10-4-5-15-37-35(44)46-22-25-8-2-1-3-9-25)23-47-36(45)40(20-28-11-6-16-50-28)21-29-12-7-17-51-29/h1-3,6-9,11-14,16-18,27,30H,4-5,10,15,19-24H2,(H,37,44)(H,41,42)(H2,38,39,43)/t27-,30-/m0/s1. The summed E-state index contributed by atoms with van der Waals surface area (Å²) >= 11 is 3.08. The van der Waals surface area contributed by atoms with Gasteiger partial charge in [-0.25, -0.2) is 14.4 Å². The monoisotopic (exact) mass is 736 g/mol. The molecule has 4 aromatic rings. The van der Waals surface area contributed by atoms with E-state index in [1.165, 1.54) is 0 Å². The highest BCUT2D eigenvalue weighted by molar-refractivity contribution is 7.10. The Labute approximate surface area is 303 Å². The first-order valence-electron chi connectivity index (χ1n) is 16.4. The first-order valence-corrected chi connectivity index (χ1v) is 18.2. The van der Waals surface area contributed by atoms with Gasteiger partial charge in [0.05, 0.1) is 31.6 Å². The number of carboxylic acids is 1. The summed E-state index contributed by atoms with van der Waals surface area (Å²) in [6, 6.07) is 20.0. The van der Waals surface area contributed by atoms with Gasteiger partial charge in [-0.05, 0) is 65.4 Å². The zero-order valence-electron chi connectivity index (χ0n) is 27.8. The summed E-state index contributed by atoms with van der Waals surface area (Å²) in [6.07, 6.45) is 0.0957. The van der Waals surface area contributed by atoms with Crippen molar-refractivity contribution in [2.45, 2.75) is 57.5 Å². The van der Waals surface area contributed by atoms with Crippen molar-refractivity contribution in [3.63, 3.8) is 0 Å². The summed E-state index contributed by atoms with van der Waals surface area (Å²) in [5.41, 5.74) is 1.41. The first-order chi connectivity index (χ1) is 24.8. The van der Waals surface area contributed by atoms with Gasteiger partial charge in [-0.15, -0.1) is 22.7 Å². The average Bonchev–Trinajstić information content (AvgIpc) is 3.93. The van der Waals surface area contributed by atoms with Crippen LogP contribution in [0.2, 0.25) is 0 Å². The number of amides is 4. The fraction of sp³-hybridized carbons (Fsp3) is 0.333. The number of fused-ring (bicyclic) bond motifs is 1. The molecule has 0 bridgehead atoms.